The summed E-state index contributed by atoms with van der Waals surface area (Å²) < 4.78 is 7.25. The molecule has 0 aliphatic carbocycles. The number of nitrogens with one attached hydrogen (secondary N) is 3. The number of hydrogen-bond acceptors (Lipinski definition) is 6. The molecule has 2 heterocycles. The van der Waals surface area contributed by atoms with E-state index in [1.54, 1.807) is 23.0 Å². The largest absolute Gasteiger partial charge is 0.484 e. The van der Waals surface area contributed by atoms with E-state index in [0.717, 1.165) is 31.5 Å². The third-order valence-electron chi connectivity index (χ3n) is 4.52. The fraction of sp³-hybridized carbons (Fsp3) is 0.474. The number of ether oxygens (including phenoxy) is 1. The Morgan fingerprint density at radius 3 is 2.83 bits per heavy atom. The number of carbonyl (C=O) groups is 2. The molecule has 0 radical (unpaired) electrons. The highest BCUT2D eigenvalue weighted by molar-refractivity contribution is 5.91. The van der Waals surface area contributed by atoms with Crippen LogP contribution in [0.25, 0.3) is 0 Å². The Morgan fingerprint density at radius 2 is 2.07 bits per heavy atom. The van der Waals surface area contributed by atoms with Crippen molar-refractivity contribution in [3.63, 3.8) is 0 Å². The first-order valence-electron chi connectivity index (χ1n) is 9.55. The molecule has 3 rings (SSSR count). The standard InChI is InChI=1S/C19H26N6O3.ClH/c1-2-21-18(26)13-28-16-5-3-4-14(10-16)11-22-19(27)17-12-25(24-23-17)15-6-8-20-9-7-15;/h3-5,10,12,15,20H,2,6-9,11,13H2,1H3,(H,21,26)(H,22,27);1H. The molecule has 0 saturated carbocycles. The van der Waals surface area contributed by atoms with Gasteiger partial charge in [-0.3, -0.25) is 9.59 Å². The van der Waals surface area contributed by atoms with Crippen molar-refractivity contribution in [3.05, 3.63) is 41.7 Å². The molecule has 2 amide bonds. The van der Waals surface area contributed by atoms with Gasteiger partial charge >= 0.3 is 0 Å². The van der Waals surface area contributed by atoms with Crippen molar-refractivity contribution in [2.75, 3.05) is 26.2 Å². The van der Waals surface area contributed by atoms with Gasteiger partial charge in [0.05, 0.1) is 12.2 Å². The van der Waals surface area contributed by atoms with E-state index in [1.165, 1.54) is 0 Å². The van der Waals surface area contributed by atoms with Crippen LogP contribution in [-0.2, 0) is 11.3 Å². The van der Waals surface area contributed by atoms with Crippen LogP contribution < -0.4 is 20.7 Å². The van der Waals surface area contributed by atoms with Gasteiger partial charge in [0, 0.05) is 13.1 Å². The average molecular weight is 423 g/mol. The van der Waals surface area contributed by atoms with E-state index in [-0.39, 0.29) is 36.9 Å². The summed E-state index contributed by atoms with van der Waals surface area (Å²) >= 11 is 0. The zero-order valence-corrected chi connectivity index (χ0v) is 17.2. The number of amides is 2. The molecule has 0 spiro atoms. The smallest absolute Gasteiger partial charge is 0.273 e. The number of nitrogens with zero attached hydrogens (tertiary/aromatic N) is 3. The summed E-state index contributed by atoms with van der Waals surface area (Å²) in [6, 6.07) is 7.56. The molecular formula is C19H27ClN6O3. The van der Waals surface area contributed by atoms with Crippen LogP contribution in [0.3, 0.4) is 0 Å². The summed E-state index contributed by atoms with van der Waals surface area (Å²) in [6.07, 6.45) is 3.66. The second kappa shape index (κ2) is 11.4. The average Bonchev–Trinajstić information content (AvgIpc) is 3.22. The molecule has 0 unspecified atom stereocenters. The summed E-state index contributed by atoms with van der Waals surface area (Å²) in [4.78, 5) is 23.8. The Kier molecular flexibility index (Phi) is 8.88. The molecule has 10 heteroatoms. The van der Waals surface area contributed by atoms with Crippen LogP contribution in [0.1, 0.15) is 41.9 Å². The van der Waals surface area contributed by atoms with Crippen LogP contribution >= 0.6 is 12.4 Å². The van der Waals surface area contributed by atoms with Crippen LogP contribution in [0.15, 0.2) is 30.5 Å². The lowest BCUT2D eigenvalue weighted by Gasteiger charge is -2.22. The van der Waals surface area contributed by atoms with E-state index in [2.05, 4.69) is 26.3 Å². The summed E-state index contributed by atoms with van der Waals surface area (Å²) in [5.74, 6) is 0.140. The van der Waals surface area contributed by atoms with Gasteiger partial charge in [-0.15, -0.1) is 17.5 Å². The Morgan fingerprint density at radius 1 is 1.28 bits per heavy atom. The van der Waals surface area contributed by atoms with Gasteiger partial charge in [-0.2, -0.15) is 0 Å². The van der Waals surface area contributed by atoms with E-state index in [4.69, 9.17) is 4.74 Å². The maximum Gasteiger partial charge on any atom is 0.273 e. The molecule has 1 aromatic heterocycles. The maximum atomic E-state index is 12.4. The van der Waals surface area contributed by atoms with Gasteiger partial charge in [-0.05, 0) is 50.6 Å². The normalized spacial score (nSPS) is 14.0. The fourth-order valence-electron chi connectivity index (χ4n) is 3.05. The highest BCUT2D eigenvalue weighted by atomic mass is 35.5. The zero-order chi connectivity index (χ0) is 19.8. The van der Waals surface area contributed by atoms with Crippen LogP contribution in [0.5, 0.6) is 5.75 Å². The van der Waals surface area contributed by atoms with Crippen molar-refractivity contribution in [2.45, 2.75) is 32.4 Å². The molecule has 29 heavy (non-hydrogen) atoms. The molecule has 1 aliphatic heterocycles. The Bertz CT molecular complexity index is 807. The van der Waals surface area contributed by atoms with Crippen molar-refractivity contribution in [1.29, 1.82) is 0 Å². The molecule has 0 bridgehead atoms. The molecule has 1 aromatic carbocycles. The maximum absolute atomic E-state index is 12.4. The molecule has 158 valence electrons. The first kappa shape index (κ1) is 22.6. The van der Waals surface area contributed by atoms with Gasteiger partial charge in [-0.25, -0.2) is 4.68 Å². The number of hydrogen-bond donors (Lipinski definition) is 3. The molecular weight excluding hydrogens is 396 g/mol. The highest BCUT2D eigenvalue weighted by Gasteiger charge is 2.18. The quantitative estimate of drug-likeness (QED) is 0.587. The minimum Gasteiger partial charge on any atom is -0.484 e. The first-order chi connectivity index (χ1) is 13.7. The van der Waals surface area contributed by atoms with E-state index in [1.807, 2.05) is 19.1 Å². The Hall–Kier alpha value is -2.65. The van der Waals surface area contributed by atoms with Crippen molar-refractivity contribution in [2.24, 2.45) is 0 Å². The number of halogens is 1. The van der Waals surface area contributed by atoms with Gasteiger partial charge in [0.2, 0.25) is 0 Å². The second-order valence-electron chi connectivity index (χ2n) is 6.64. The van der Waals surface area contributed by atoms with E-state index in [0.29, 0.717) is 24.5 Å². The van der Waals surface area contributed by atoms with Gasteiger partial charge in [-0.1, -0.05) is 17.3 Å². The molecule has 1 saturated heterocycles. The monoisotopic (exact) mass is 422 g/mol. The lowest BCUT2D eigenvalue weighted by atomic mass is 10.1. The first-order valence-corrected chi connectivity index (χ1v) is 9.55. The summed E-state index contributed by atoms with van der Waals surface area (Å²) in [7, 11) is 0. The number of likely N-dealkylation sites (N-methyl/N-ethyl adjacent to an activating group) is 1. The zero-order valence-electron chi connectivity index (χ0n) is 16.4. The van der Waals surface area contributed by atoms with Gasteiger partial charge in [0.1, 0.15) is 5.75 Å². The third kappa shape index (κ3) is 6.72. The van der Waals surface area contributed by atoms with Gasteiger partial charge in [0.15, 0.2) is 12.3 Å². The minimum absolute atomic E-state index is 0. The fourth-order valence-corrected chi connectivity index (χ4v) is 3.05. The third-order valence-corrected chi connectivity index (χ3v) is 4.52. The SMILES string of the molecule is CCNC(=O)COc1cccc(CNC(=O)c2cn(C3CCNCC3)nn2)c1.Cl. The topological polar surface area (TPSA) is 110 Å². The second-order valence-corrected chi connectivity index (χ2v) is 6.64. The molecule has 2 aromatic rings. The molecule has 1 fully saturated rings. The van der Waals surface area contributed by atoms with Crippen molar-refractivity contribution >= 4 is 24.2 Å². The lowest BCUT2D eigenvalue weighted by Crippen LogP contribution is -2.29. The van der Waals surface area contributed by atoms with Crippen molar-refractivity contribution in [1.82, 2.24) is 30.9 Å². The summed E-state index contributed by atoms with van der Waals surface area (Å²) in [5, 5.41) is 16.9. The number of benzene rings is 1. The molecule has 9 nitrogen and oxygen atoms in total. The van der Waals surface area contributed by atoms with Crippen LogP contribution in [-0.4, -0.2) is 53.0 Å². The predicted molar refractivity (Wildman–Crippen MR) is 110 cm³/mol. The van der Waals surface area contributed by atoms with Gasteiger partial charge < -0.3 is 20.7 Å². The number of carbonyl (C=O) groups excluding carboxylic acids is 2. The lowest BCUT2D eigenvalue weighted by molar-refractivity contribution is -0.122. The van der Waals surface area contributed by atoms with Gasteiger partial charge in [0.25, 0.3) is 11.8 Å². The highest BCUT2D eigenvalue weighted by Crippen LogP contribution is 2.17. The van der Waals surface area contributed by atoms with Crippen LogP contribution in [0.4, 0.5) is 0 Å². The van der Waals surface area contributed by atoms with Crippen LogP contribution in [0, 0.1) is 0 Å². The van der Waals surface area contributed by atoms with Crippen LogP contribution in [0.2, 0.25) is 0 Å². The molecule has 1 aliphatic rings. The molecule has 3 N–H and O–H groups in total. The van der Waals surface area contributed by atoms with E-state index >= 15 is 0 Å². The Labute approximate surface area is 176 Å². The van der Waals surface area contributed by atoms with Crippen molar-refractivity contribution in [3.8, 4) is 5.75 Å². The Balaban J connectivity index is 0.00000300. The summed E-state index contributed by atoms with van der Waals surface area (Å²) in [5.41, 5.74) is 1.18. The van der Waals surface area contributed by atoms with E-state index < -0.39 is 0 Å². The number of piperidine rings is 1. The number of aromatic nitrogens is 3. The predicted octanol–water partition coefficient (Wildman–Crippen LogP) is 1.07. The summed E-state index contributed by atoms with van der Waals surface area (Å²) in [6.45, 7) is 4.61. The number of rotatable bonds is 8. The van der Waals surface area contributed by atoms with Crippen molar-refractivity contribution < 1.29 is 14.3 Å². The minimum atomic E-state index is -0.270. The van der Waals surface area contributed by atoms with E-state index in [9.17, 15) is 9.59 Å². The molecule has 0 atom stereocenters.